The highest BCUT2D eigenvalue weighted by Crippen LogP contribution is 2.20. The summed E-state index contributed by atoms with van der Waals surface area (Å²) < 4.78 is 10.2. The third-order valence-corrected chi connectivity index (χ3v) is 5.28. The Morgan fingerprint density at radius 1 is 1.17 bits per heavy atom. The van der Waals surface area contributed by atoms with E-state index in [4.69, 9.17) is 9.15 Å². The van der Waals surface area contributed by atoms with E-state index in [9.17, 15) is 19.7 Å². The number of anilines is 1. The van der Waals surface area contributed by atoms with Crippen LogP contribution < -0.4 is 4.90 Å². The van der Waals surface area contributed by atoms with Gasteiger partial charge in [-0.2, -0.15) is 0 Å². The summed E-state index contributed by atoms with van der Waals surface area (Å²) in [6, 6.07) is 9.98. The quantitative estimate of drug-likeness (QED) is 0.272. The number of furan rings is 1. The van der Waals surface area contributed by atoms with Crippen LogP contribution in [0.4, 0.5) is 11.4 Å². The van der Waals surface area contributed by atoms with Gasteiger partial charge in [0.2, 0.25) is 0 Å². The van der Waals surface area contributed by atoms with Crippen LogP contribution in [0, 0.1) is 10.1 Å². The van der Waals surface area contributed by atoms with Gasteiger partial charge in [0, 0.05) is 50.1 Å². The van der Waals surface area contributed by atoms with E-state index in [1.807, 2.05) is 6.07 Å². The maximum absolute atomic E-state index is 12.3. The van der Waals surface area contributed by atoms with Crippen LogP contribution in [0.3, 0.4) is 0 Å². The van der Waals surface area contributed by atoms with Crippen molar-refractivity contribution in [2.75, 3.05) is 37.7 Å². The van der Waals surface area contributed by atoms with Crippen LogP contribution in [0.1, 0.15) is 5.76 Å². The molecule has 0 bridgehead atoms. The maximum atomic E-state index is 12.3. The lowest BCUT2D eigenvalue weighted by Gasteiger charge is -2.36. The van der Waals surface area contributed by atoms with Crippen LogP contribution in [0.2, 0.25) is 0 Å². The van der Waals surface area contributed by atoms with Gasteiger partial charge in [0.15, 0.2) is 6.61 Å². The van der Waals surface area contributed by atoms with Gasteiger partial charge in [0.1, 0.15) is 5.76 Å². The lowest BCUT2D eigenvalue weighted by molar-refractivity contribution is -0.384. The molecule has 0 N–H and O–H groups in total. The number of piperazine rings is 1. The molecule has 2 aromatic rings. The number of benzene rings is 1. The molecule has 1 aliphatic heterocycles. The van der Waals surface area contributed by atoms with Crippen molar-refractivity contribution < 1.29 is 23.7 Å². The molecule has 1 aromatic heterocycles. The van der Waals surface area contributed by atoms with Crippen LogP contribution in [0.15, 0.2) is 58.6 Å². The summed E-state index contributed by atoms with van der Waals surface area (Å²) in [5, 5.41) is 12.4. The van der Waals surface area contributed by atoms with Gasteiger partial charge in [0.05, 0.1) is 16.9 Å². The van der Waals surface area contributed by atoms with Crippen molar-refractivity contribution in [1.29, 1.82) is 0 Å². The second kappa shape index (κ2) is 10.5. The molecule has 1 amide bonds. The molecule has 1 aliphatic rings. The first-order valence-electron chi connectivity index (χ1n) is 9.27. The van der Waals surface area contributed by atoms with Crippen LogP contribution in [-0.4, -0.2) is 54.5 Å². The van der Waals surface area contributed by atoms with Gasteiger partial charge >= 0.3 is 5.97 Å². The Hall–Kier alpha value is -3.27. The Labute approximate surface area is 177 Å². The van der Waals surface area contributed by atoms with Gasteiger partial charge in [-0.25, -0.2) is 4.79 Å². The average Bonchev–Trinajstić information content (AvgIpc) is 3.29. The molecule has 10 heteroatoms. The van der Waals surface area contributed by atoms with Crippen LogP contribution in [0.5, 0.6) is 0 Å². The second-order valence-corrected chi connectivity index (χ2v) is 7.34. The Kier molecular flexibility index (Phi) is 7.50. The number of hydrogen-bond acceptors (Lipinski definition) is 8. The van der Waals surface area contributed by atoms with Gasteiger partial charge in [-0.1, -0.05) is 0 Å². The number of nitro groups is 1. The van der Waals surface area contributed by atoms with E-state index in [1.165, 1.54) is 30.0 Å². The number of non-ortho nitro benzene ring substituents is 1. The summed E-state index contributed by atoms with van der Waals surface area (Å²) in [6.07, 6.45) is 2.87. The van der Waals surface area contributed by atoms with E-state index >= 15 is 0 Å². The minimum absolute atomic E-state index is 0.0443. The Balaban J connectivity index is 1.36. The molecule has 2 heterocycles. The van der Waals surface area contributed by atoms with E-state index < -0.39 is 10.9 Å². The van der Waals surface area contributed by atoms with E-state index in [1.54, 1.807) is 34.8 Å². The number of hydrogen-bond donors (Lipinski definition) is 0. The lowest BCUT2D eigenvalue weighted by atomic mass is 10.2. The molecular weight excluding hydrogens is 410 g/mol. The number of carbonyl (C=O) groups excluding carboxylic acids is 2. The first-order chi connectivity index (χ1) is 14.5. The molecule has 0 radical (unpaired) electrons. The van der Waals surface area contributed by atoms with Crippen LogP contribution in [0.25, 0.3) is 0 Å². The molecule has 158 valence electrons. The minimum Gasteiger partial charge on any atom is -0.468 e. The highest BCUT2D eigenvalue weighted by atomic mass is 32.2. The largest absolute Gasteiger partial charge is 0.468 e. The molecule has 0 aliphatic carbocycles. The maximum Gasteiger partial charge on any atom is 0.331 e. The number of esters is 1. The van der Waals surface area contributed by atoms with Crippen molar-refractivity contribution in [1.82, 2.24) is 4.90 Å². The molecule has 0 spiro atoms. The Morgan fingerprint density at radius 2 is 1.90 bits per heavy atom. The summed E-state index contributed by atoms with van der Waals surface area (Å²) in [6.45, 7) is 1.87. The zero-order valence-corrected chi connectivity index (χ0v) is 17.0. The summed E-state index contributed by atoms with van der Waals surface area (Å²) in [5.41, 5.74) is 0.916. The van der Waals surface area contributed by atoms with Gasteiger partial charge in [-0.15, -0.1) is 11.8 Å². The number of carbonyl (C=O) groups is 2. The number of rotatable bonds is 8. The number of thioether (sulfide) groups is 1. The molecular formula is C20H21N3O6S. The second-order valence-electron chi connectivity index (χ2n) is 6.44. The van der Waals surface area contributed by atoms with E-state index in [0.717, 1.165) is 11.4 Å². The van der Waals surface area contributed by atoms with Crippen molar-refractivity contribution in [2.24, 2.45) is 0 Å². The first kappa shape index (κ1) is 21.4. The SMILES string of the molecule is O=C(C=CSCc1ccco1)OCC(=O)N1CCN(c2ccc([N+](=O)[O-])cc2)CC1. The third-order valence-electron chi connectivity index (χ3n) is 4.50. The monoisotopic (exact) mass is 431 g/mol. The summed E-state index contributed by atoms with van der Waals surface area (Å²) in [5.74, 6) is 0.596. The minimum atomic E-state index is -0.570. The molecule has 0 unspecified atom stereocenters. The summed E-state index contributed by atoms with van der Waals surface area (Å²) >= 11 is 1.39. The molecule has 0 atom stereocenters. The van der Waals surface area contributed by atoms with Gasteiger partial charge in [-0.3, -0.25) is 14.9 Å². The van der Waals surface area contributed by atoms with E-state index in [-0.39, 0.29) is 18.2 Å². The van der Waals surface area contributed by atoms with Crippen molar-refractivity contribution in [2.45, 2.75) is 5.75 Å². The molecule has 1 fully saturated rings. The fourth-order valence-corrected chi connectivity index (χ4v) is 3.53. The molecule has 0 saturated carbocycles. The number of nitro benzene ring substituents is 1. The van der Waals surface area contributed by atoms with Crippen LogP contribution in [-0.2, 0) is 20.1 Å². The van der Waals surface area contributed by atoms with E-state index in [0.29, 0.717) is 31.9 Å². The zero-order valence-electron chi connectivity index (χ0n) is 16.1. The molecule has 1 aromatic carbocycles. The highest BCUT2D eigenvalue weighted by Gasteiger charge is 2.22. The standard InChI is InChI=1S/C20H21N3O6S/c24-19(14-29-20(25)7-13-30-15-18-2-1-12-28-18)22-10-8-21(9-11-22)16-3-5-17(6-4-16)23(26)27/h1-7,12-13H,8-11,14-15H2. The van der Waals surface area contributed by atoms with Gasteiger partial charge in [-0.05, 0) is 29.7 Å². The Morgan fingerprint density at radius 3 is 2.53 bits per heavy atom. The number of amides is 1. The van der Waals surface area contributed by atoms with Gasteiger partial charge < -0.3 is 19.0 Å². The molecule has 9 nitrogen and oxygen atoms in total. The topological polar surface area (TPSA) is 106 Å². The molecule has 3 rings (SSSR count). The lowest BCUT2D eigenvalue weighted by Crippen LogP contribution is -2.49. The van der Waals surface area contributed by atoms with Crippen molar-refractivity contribution in [3.05, 3.63) is 70.0 Å². The van der Waals surface area contributed by atoms with Crippen molar-refractivity contribution in [3.63, 3.8) is 0 Å². The highest BCUT2D eigenvalue weighted by molar-refractivity contribution is 8.01. The van der Waals surface area contributed by atoms with Gasteiger partial charge in [0.25, 0.3) is 11.6 Å². The smallest absolute Gasteiger partial charge is 0.331 e. The molecule has 30 heavy (non-hydrogen) atoms. The zero-order chi connectivity index (χ0) is 21.3. The Bertz CT molecular complexity index is 890. The summed E-state index contributed by atoms with van der Waals surface area (Å²) in [4.78, 5) is 38.0. The number of ether oxygens (including phenoxy) is 1. The average molecular weight is 431 g/mol. The fraction of sp³-hybridized carbons (Fsp3) is 0.300. The summed E-state index contributed by atoms with van der Waals surface area (Å²) in [7, 11) is 0. The van der Waals surface area contributed by atoms with Crippen LogP contribution >= 0.6 is 11.8 Å². The third kappa shape index (κ3) is 6.11. The number of nitrogens with zero attached hydrogens (tertiary/aromatic N) is 3. The van der Waals surface area contributed by atoms with Crippen molar-refractivity contribution >= 4 is 35.0 Å². The fourth-order valence-electron chi connectivity index (χ4n) is 2.90. The van der Waals surface area contributed by atoms with Crippen molar-refractivity contribution in [3.8, 4) is 0 Å². The van der Waals surface area contributed by atoms with E-state index in [2.05, 4.69) is 4.90 Å². The first-order valence-corrected chi connectivity index (χ1v) is 10.3. The predicted octanol–water partition coefficient (Wildman–Crippen LogP) is 2.83. The molecule has 1 saturated heterocycles. The predicted molar refractivity (Wildman–Crippen MR) is 112 cm³/mol. The normalized spacial score (nSPS) is 14.1.